The lowest BCUT2D eigenvalue weighted by Gasteiger charge is -2.16. The lowest BCUT2D eigenvalue weighted by Crippen LogP contribution is -2.29. The summed E-state index contributed by atoms with van der Waals surface area (Å²) in [5.41, 5.74) is 6.50. The Balaban J connectivity index is 1.95. The van der Waals surface area contributed by atoms with Gasteiger partial charge >= 0.3 is 6.03 Å². The highest BCUT2D eigenvalue weighted by Crippen LogP contribution is 2.18. The van der Waals surface area contributed by atoms with Crippen molar-refractivity contribution in [3.8, 4) is 0 Å². The van der Waals surface area contributed by atoms with E-state index in [1.54, 1.807) is 29.2 Å². The molecular weight excluding hydrogens is 258 g/mol. The summed E-state index contributed by atoms with van der Waals surface area (Å²) in [6.07, 6.45) is 0.850. The van der Waals surface area contributed by atoms with Crippen molar-refractivity contribution in [2.75, 3.05) is 19.7 Å². The van der Waals surface area contributed by atoms with E-state index in [4.69, 9.17) is 10.8 Å². The van der Waals surface area contributed by atoms with E-state index in [1.807, 2.05) is 0 Å². The standard InChI is InChI=1S/C14H19N3O3/c15-14(20)16-7-10-1-3-12(4-2-10)13(19)17-6-5-11(8-17)9-18/h1-4,11,18H,5-9H2,(H3,15,16,20). The molecule has 1 aromatic carbocycles. The van der Waals surface area contributed by atoms with Crippen molar-refractivity contribution in [2.24, 2.45) is 11.7 Å². The molecule has 1 aliphatic rings. The van der Waals surface area contributed by atoms with Crippen LogP contribution in [0.15, 0.2) is 24.3 Å². The molecule has 1 aromatic rings. The number of nitrogens with one attached hydrogen (secondary N) is 1. The van der Waals surface area contributed by atoms with Crippen LogP contribution in [0.5, 0.6) is 0 Å². The number of hydrogen-bond donors (Lipinski definition) is 3. The number of carbonyl (C=O) groups is 2. The maximum absolute atomic E-state index is 12.2. The summed E-state index contributed by atoms with van der Waals surface area (Å²) < 4.78 is 0. The molecule has 1 aliphatic heterocycles. The number of urea groups is 1. The van der Waals surface area contributed by atoms with E-state index in [1.165, 1.54) is 0 Å². The Kier molecular flexibility index (Phi) is 4.57. The van der Waals surface area contributed by atoms with Crippen molar-refractivity contribution < 1.29 is 14.7 Å². The number of rotatable bonds is 4. The molecule has 0 radical (unpaired) electrons. The van der Waals surface area contributed by atoms with Gasteiger partial charge in [0.25, 0.3) is 5.91 Å². The van der Waals surface area contributed by atoms with Crippen LogP contribution < -0.4 is 11.1 Å². The number of carbonyl (C=O) groups excluding carboxylic acids is 2. The predicted molar refractivity (Wildman–Crippen MR) is 74.0 cm³/mol. The van der Waals surface area contributed by atoms with Crippen molar-refractivity contribution >= 4 is 11.9 Å². The van der Waals surface area contributed by atoms with Gasteiger partial charge in [-0.25, -0.2) is 4.79 Å². The molecule has 0 spiro atoms. The third kappa shape index (κ3) is 3.48. The number of likely N-dealkylation sites (tertiary alicyclic amines) is 1. The molecule has 2 rings (SSSR count). The zero-order valence-corrected chi connectivity index (χ0v) is 11.2. The zero-order valence-electron chi connectivity index (χ0n) is 11.2. The minimum absolute atomic E-state index is 0.0182. The maximum atomic E-state index is 12.2. The van der Waals surface area contributed by atoms with E-state index in [0.717, 1.165) is 12.0 Å². The molecule has 1 atom stereocenters. The second-order valence-electron chi connectivity index (χ2n) is 5.00. The molecule has 1 unspecified atom stereocenters. The van der Waals surface area contributed by atoms with Gasteiger partial charge in [-0.15, -0.1) is 0 Å². The first-order chi connectivity index (χ1) is 9.60. The minimum Gasteiger partial charge on any atom is -0.396 e. The molecule has 1 saturated heterocycles. The Bertz CT molecular complexity index is 487. The van der Waals surface area contributed by atoms with Gasteiger partial charge in [0.15, 0.2) is 0 Å². The fraction of sp³-hybridized carbons (Fsp3) is 0.429. The SMILES string of the molecule is NC(=O)NCc1ccc(C(=O)N2CCC(CO)C2)cc1. The normalized spacial score (nSPS) is 18.1. The number of aliphatic hydroxyl groups excluding tert-OH is 1. The summed E-state index contributed by atoms with van der Waals surface area (Å²) >= 11 is 0. The highest BCUT2D eigenvalue weighted by molar-refractivity contribution is 5.94. The first-order valence-corrected chi connectivity index (χ1v) is 6.62. The summed E-state index contributed by atoms with van der Waals surface area (Å²) in [5, 5.41) is 11.6. The second kappa shape index (κ2) is 6.38. The van der Waals surface area contributed by atoms with Crippen molar-refractivity contribution in [1.29, 1.82) is 0 Å². The summed E-state index contributed by atoms with van der Waals surface area (Å²) in [6, 6.07) is 6.50. The number of amides is 3. The summed E-state index contributed by atoms with van der Waals surface area (Å²) in [7, 11) is 0. The zero-order chi connectivity index (χ0) is 14.5. The van der Waals surface area contributed by atoms with Crippen LogP contribution in [-0.2, 0) is 6.54 Å². The second-order valence-corrected chi connectivity index (χ2v) is 5.00. The van der Waals surface area contributed by atoms with Crippen molar-refractivity contribution in [3.63, 3.8) is 0 Å². The third-order valence-electron chi connectivity index (χ3n) is 3.50. The third-order valence-corrected chi connectivity index (χ3v) is 3.50. The molecule has 0 saturated carbocycles. The largest absolute Gasteiger partial charge is 0.396 e. The van der Waals surface area contributed by atoms with Crippen molar-refractivity contribution in [2.45, 2.75) is 13.0 Å². The molecule has 0 bridgehead atoms. The fourth-order valence-electron chi connectivity index (χ4n) is 2.30. The Morgan fingerprint density at radius 3 is 2.60 bits per heavy atom. The van der Waals surface area contributed by atoms with Crippen LogP contribution in [-0.4, -0.2) is 41.6 Å². The van der Waals surface area contributed by atoms with E-state index in [0.29, 0.717) is 25.2 Å². The summed E-state index contributed by atoms with van der Waals surface area (Å²) in [5.74, 6) is 0.174. The Labute approximate surface area is 117 Å². The lowest BCUT2D eigenvalue weighted by molar-refractivity contribution is 0.0782. The van der Waals surface area contributed by atoms with Gasteiger partial charge in [-0.05, 0) is 24.1 Å². The first-order valence-electron chi connectivity index (χ1n) is 6.62. The highest BCUT2D eigenvalue weighted by Gasteiger charge is 2.26. The molecule has 1 fully saturated rings. The quantitative estimate of drug-likeness (QED) is 0.739. The molecule has 6 nitrogen and oxygen atoms in total. The van der Waals surface area contributed by atoms with Crippen LogP contribution in [0.1, 0.15) is 22.3 Å². The van der Waals surface area contributed by atoms with E-state index in [9.17, 15) is 9.59 Å². The molecule has 3 amide bonds. The van der Waals surface area contributed by atoms with Crippen LogP contribution in [0.3, 0.4) is 0 Å². The van der Waals surface area contributed by atoms with Gasteiger partial charge in [-0.2, -0.15) is 0 Å². The van der Waals surface area contributed by atoms with Gasteiger partial charge in [0.1, 0.15) is 0 Å². The van der Waals surface area contributed by atoms with E-state index in [2.05, 4.69) is 5.32 Å². The maximum Gasteiger partial charge on any atom is 0.312 e. The van der Waals surface area contributed by atoms with Crippen molar-refractivity contribution in [1.82, 2.24) is 10.2 Å². The topological polar surface area (TPSA) is 95.7 Å². The number of primary amides is 1. The van der Waals surface area contributed by atoms with Gasteiger partial charge in [0, 0.05) is 37.7 Å². The highest BCUT2D eigenvalue weighted by atomic mass is 16.3. The van der Waals surface area contributed by atoms with E-state index < -0.39 is 6.03 Å². The van der Waals surface area contributed by atoms with Crippen LogP contribution in [0.25, 0.3) is 0 Å². The van der Waals surface area contributed by atoms with Crippen LogP contribution in [0.2, 0.25) is 0 Å². The molecule has 6 heteroatoms. The predicted octanol–water partition coefficient (Wildman–Crippen LogP) is 0.309. The van der Waals surface area contributed by atoms with Gasteiger partial charge in [0.05, 0.1) is 0 Å². The van der Waals surface area contributed by atoms with E-state index >= 15 is 0 Å². The molecule has 0 aromatic heterocycles. The monoisotopic (exact) mass is 277 g/mol. The smallest absolute Gasteiger partial charge is 0.312 e. The number of hydrogen-bond acceptors (Lipinski definition) is 3. The average molecular weight is 277 g/mol. The molecule has 20 heavy (non-hydrogen) atoms. The van der Waals surface area contributed by atoms with Gasteiger partial charge in [0.2, 0.25) is 0 Å². The average Bonchev–Trinajstić information content (AvgIpc) is 2.94. The molecule has 0 aliphatic carbocycles. The fourth-order valence-corrected chi connectivity index (χ4v) is 2.30. The van der Waals surface area contributed by atoms with E-state index in [-0.39, 0.29) is 18.4 Å². The van der Waals surface area contributed by atoms with Gasteiger partial charge in [-0.1, -0.05) is 12.1 Å². The van der Waals surface area contributed by atoms with Crippen LogP contribution >= 0.6 is 0 Å². The van der Waals surface area contributed by atoms with Gasteiger partial charge < -0.3 is 21.1 Å². The Morgan fingerprint density at radius 2 is 2.05 bits per heavy atom. The number of nitrogens with two attached hydrogens (primary N) is 1. The molecular formula is C14H19N3O3. The summed E-state index contributed by atoms with van der Waals surface area (Å²) in [4.78, 5) is 24.6. The Hall–Kier alpha value is -2.08. The molecule has 1 heterocycles. The molecule has 4 N–H and O–H groups in total. The summed E-state index contributed by atoms with van der Waals surface area (Å²) in [6.45, 7) is 1.77. The van der Waals surface area contributed by atoms with Gasteiger partial charge in [-0.3, -0.25) is 4.79 Å². The number of aliphatic hydroxyl groups is 1. The number of nitrogens with zero attached hydrogens (tertiary/aromatic N) is 1. The van der Waals surface area contributed by atoms with Crippen LogP contribution in [0.4, 0.5) is 4.79 Å². The Morgan fingerprint density at radius 1 is 1.35 bits per heavy atom. The lowest BCUT2D eigenvalue weighted by atomic mass is 10.1. The first kappa shape index (κ1) is 14.3. The number of benzene rings is 1. The van der Waals surface area contributed by atoms with Crippen molar-refractivity contribution in [3.05, 3.63) is 35.4 Å². The van der Waals surface area contributed by atoms with Crippen LogP contribution in [0, 0.1) is 5.92 Å². The molecule has 108 valence electrons. The minimum atomic E-state index is -0.572.